The average Bonchev–Trinajstić information content (AvgIpc) is 2.37. The van der Waals surface area contributed by atoms with Crippen molar-refractivity contribution >= 4 is 0 Å². The largest absolute Gasteiger partial charge is 0.489 e. The molecule has 2 aromatic carbocycles. The van der Waals surface area contributed by atoms with Gasteiger partial charge in [-0.3, -0.25) is 0 Å². The topological polar surface area (TPSA) is 35.2 Å². The fraction of sp³-hybridized carbons (Fsp3) is 0.294. The molecule has 2 nitrogen and oxygen atoms in total. The van der Waals surface area contributed by atoms with E-state index < -0.39 is 0 Å². The van der Waals surface area contributed by atoms with Gasteiger partial charge in [-0.05, 0) is 43.5 Å². The predicted molar refractivity (Wildman–Crippen MR) is 79.2 cm³/mol. The first-order valence-corrected chi connectivity index (χ1v) is 6.53. The fourth-order valence-electron chi connectivity index (χ4n) is 1.95. The van der Waals surface area contributed by atoms with Crippen LogP contribution in [0.15, 0.2) is 48.5 Å². The van der Waals surface area contributed by atoms with E-state index in [1.807, 2.05) is 44.2 Å². The third-order valence-electron chi connectivity index (χ3n) is 3.16. The normalized spacial score (nSPS) is 11.4. The third-order valence-corrected chi connectivity index (χ3v) is 3.16. The van der Waals surface area contributed by atoms with Gasteiger partial charge in [0.2, 0.25) is 0 Å². The van der Waals surface area contributed by atoms with Crippen molar-refractivity contribution in [3.8, 4) is 5.75 Å². The van der Waals surface area contributed by atoms with Gasteiger partial charge in [0, 0.05) is 5.54 Å². The number of nitrogens with two attached hydrogens (primary N) is 1. The van der Waals surface area contributed by atoms with Crippen LogP contribution in [0.25, 0.3) is 0 Å². The van der Waals surface area contributed by atoms with Crippen molar-refractivity contribution in [2.24, 2.45) is 5.73 Å². The van der Waals surface area contributed by atoms with Gasteiger partial charge in [0.05, 0.1) is 0 Å². The molecule has 2 heteroatoms. The summed E-state index contributed by atoms with van der Waals surface area (Å²) >= 11 is 0. The van der Waals surface area contributed by atoms with E-state index in [-0.39, 0.29) is 5.54 Å². The van der Waals surface area contributed by atoms with Crippen molar-refractivity contribution < 1.29 is 4.74 Å². The summed E-state index contributed by atoms with van der Waals surface area (Å²) in [5.74, 6) is 0.914. The van der Waals surface area contributed by atoms with Gasteiger partial charge in [-0.1, -0.05) is 42.5 Å². The smallest absolute Gasteiger partial charge is 0.122 e. The number of benzene rings is 2. The Kier molecular flexibility index (Phi) is 3.91. The minimum Gasteiger partial charge on any atom is -0.489 e. The highest BCUT2D eigenvalue weighted by Crippen LogP contribution is 2.25. The summed E-state index contributed by atoms with van der Waals surface area (Å²) in [5, 5.41) is 0. The van der Waals surface area contributed by atoms with Crippen LogP contribution in [0.5, 0.6) is 5.75 Å². The van der Waals surface area contributed by atoms with Crippen molar-refractivity contribution in [2.45, 2.75) is 32.9 Å². The van der Waals surface area contributed by atoms with Gasteiger partial charge in [0.15, 0.2) is 0 Å². The van der Waals surface area contributed by atoms with Gasteiger partial charge in [-0.2, -0.15) is 0 Å². The summed E-state index contributed by atoms with van der Waals surface area (Å²) in [6, 6.07) is 16.3. The van der Waals surface area contributed by atoms with Crippen molar-refractivity contribution in [3.63, 3.8) is 0 Å². The first-order chi connectivity index (χ1) is 8.97. The zero-order chi connectivity index (χ0) is 13.9. The summed E-state index contributed by atoms with van der Waals surface area (Å²) < 4.78 is 5.85. The van der Waals surface area contributed by atoms with Gasteiger partial charge >= 0.3 is 0 Å². The Labute approximate surface area is 115 Å². The van der Waals surface area contributed by atoms with Crippen molar-refractivity contribution in [1.82, 2.24) is 0 Å². The highest BCUT2D eigenvalue weighted by atomic mass is 16.5. The first kappa shape index (κ1) is 13.6. The molecule has 0 aromatic heterocycles. The van der Waals surface area contributed by atoms with Crippen LogP contribution >= 0.6 is 0 Å². The van der Waals surface area contributed by atoms with Crippen LogP contribution in [0, 0.1) is 6.92 Å². The quantitative estimate of drug-likeness (QED) is 0.902. The summed E-state index contributed by atoms with van der Waals surface area (Å²) in [7, 11) is 0. The van der Waals surface area contributed by atoms with Crippen LogP contribution in [-0.2, 0) is 12.1 Å². The molecular weight excluding hydrogens is 234 g/mol. The molecule has 0 saturated carbocycles. The van der Waals surface area contributed by atoms with Crippen molar-refractivity contribution in [3.05, 3.63) is 65.2 Å². The third kappa shape index (κ3) is 3.58. The summed E-state index contributed by atoms with van der Waals surface area (Å²) in [4.78, 5) is 0. The Morgan fingerprint density at radius 1 is 1.05 bits per heavy atom. The summed E-state index contributed by atoms with van der Waals surface area (Å²) in [6.07, 6.45) is 0. The average molecular weight is 255 g/mol. The second-order valence-corrected chi connectivity index (χ2v) is 5.48. The lowest BCUT2D eigenvalue weighted by Crippen LogP contribution is -2.28. The Morgan fingerprint density at radius 2 is 1.74 bits per heavy atom. The number of hydrogen-bond acceptors (Lipinski definition) is 2. The maximum absolute atomic E-state index is 6.10. The highest BCUT2D eigenvalue weighted by molar-refractivity contribution is 5.38. The molecule has 0 unspecified atom stereocenters. The molecule has 100 valence electrons. The second-order valence-electron chi connectivity index (χ2n) is 5.48. The van der Waals surface area contributed by atoms with E-state index in [9.17, 15) is 0 Å². The van der Waals surface area contributed by atoms with Gasteiger partial charge in [0.25, 0.3) is 0 Å². The Bertz CT molecular complexity index is 541. The minimum absolute atomic E-state index is 0.317. The molecule has 0 fully saturated rings. The molecule has 0 aliphatic rings. The molecule has 0 aliphatic heterocycles. The zero-order valence-corrected chi connectivity index (χ0v) is 11.8. The number of rotatable bonds is 4. The van der Waals surface area contributed by atoms with E-state index in [4.69, 9.17) is 10.5 Å². The van der Waals surface area contributed by atoms with E-state index in [1.165, 1.54) is 5.56 Å². The molecule has 0 amide bonds. The van der Waals surface area contributed by atoms with Gasteiger partial charge < -0.3 is 10.5 Å². The number of hydrogen-bond donors (Lipinski definition) is 1. The van der Waals surface area contributed by atoms with Gasteiger partial charge in [0.1, 0.15) is 12.4 Å². The summed E-state index contributed by atoms with van der Waals surface area (Å²) in [6.45, 7) is 6.65. The minimum atomic E-state index is -0.317. The monoisotopic (exact) mass is 255 g/mol. The molecule has 0 heterocycles. The summed E-state index contributed by atoms with van der Waals surface area (Å²) in [5.41, 5.74) is 9.19. The lowest BCUT2D eigenvalue weighted by atomic mass is 9.94. The van der Waals surface area contributed by atoms with E-state index in [2.05, 4.69) is 25.1 Å². The predicted octanol–water partition coefficient (Wildman–Crippen LogP) is 3.77. The lowest BCUT2D eigenvalue weighted by molar-refractivity contribution is 0.304. The maximum atomic E-state index is 6.10. The lowest BCUT2D eigenvalue weighted by Gasteiger charge is -2.20. The van der Waals surface area contributed by atoms with Crippen LogP contribution < -0.4 is 10.5 Å². The van der Waals surface area contributed by atoms with Crippen LogP contribution in [0.4, 0.5) is 0 Å². The zero-order valence-electron chi connectivity index (χ0n) is 11.8. The Hall–Kier alpha value is -1.80. The molecule has 2 N–H and O–H groups in total. The van der Waals surface area contributed by atoms with Crippen LogP contribution in [-0.4, -0.2) is 0 Å². The van der Waals surface area contributed by atoms with Crippen LogP contribution in [0.1, 0.15) is 30.5 Å². The molecule has 19 heavy (non-hydrogen) atoms. The molecule has 0 saturated heterocycles. The number of ether oxygens (including phenoxy) is 1. The van der Waals surface area contributed by atoms with Gasteiger partial charge in [-0.25, -0.2) is 0 Å². The molecule has 2 rings (SSSR count). The first-order valence-electron chi connectivity index (χ1n) is 6.53. The van der Waals surface area contributed by atoms with E-state index in [0.29, 0.717) is 6.61 Å². The molecule has 0 atom stereocenters. The molecule has 0 bridgehead atoms. The van der Waals surface area contributed by atoms with E-state index in [1.54, 1.807) is 0 Å². The molecule has 0 aliphatic carbocycles. The molecule has 0 radical (unpaired) electrons. The Balaban J connectivity index is 2.10. The Morgan fingerprint density at radius 3 is 2.32 bits per heavy atom. The second kappa shape index (κ2) is 5.45. The molecule has 2 aromatic rings. The standard InChI is InChI=1S/C17H21NO/c1-13-11-15(17(2,3)18)9-10-16(13)19-12-14-7-5-4-6-8-14/h4-11H,12,18H2,1-3H3. The van der Waals surface area contributed by atoms with E-state index >= 15 is 0 Å². The van der Waals surface area contributed by atoms with Crippen LogP contribution in [0.3, 0.4) is 0 Å². The van der Waals surface area contributed by atoms with Crippen molar-refractivity contribution in [2.75, 3.05) is 0 Å². The van der Waals surface area contributed by atoms with E-state index in [0.717, 1.165) is 16.9 Å². The maximum Gasteiger partial charge on any atom is 0.122 e. The molecule has 0 spiro atoms. The fourth-order valence-corrected chi connectivity index (χ4v) is 1.95. The van der Waals surface area contributed by atoms with Gasteiger partial charge in [-0.15, -0.1) is 0 Å². The molecular formula is C17H21NO. The van der Waals surface area contributed by atoms with Crippen molar-refractivity contribution in [1.29, 1.82) is 0 Å². The number of aryl methyl sites for hydroxylation is 1. The SMILES string of the molecule is Cc1cc(C(C)(C)N)ccc1OCc1ccccc1. The highest BCUT2D eigenvalue weighted by Gasteiger charge is 2.15. The van der Waals surface area contributed by atoms with Crippen LogP contribution in [0.2, 0.25) is 0 Å².